The number of hydrogen-bond acceptors (Lipinski definition) is 4. The predicted molar refractivity (Wildman–Crippen MR) is 106 cm³/mol. The second kappa shape index (κ2) is 6.11. The van der Waals surface area contributed by atoms with E-state index in [0.29, 0.717) is 26.9 Å². The zero-order chi connectivity index (χ0) is 18.4. The van der Waals surface area contributed by atoms with E-state index in [1.807, 2.05) is 31.2 Å². The van der Waals surface area contributed by atoms with Crippen molar-refractivity contribution in [2.24, 2.45) is 0 Å². The lowest BCUT2D eigenvalue weighted by molar-refractivity contribution is 0.0980. The Morgan fingerprint density at radius 1 is 0.885 bits per heavy atom. The molecular formula is C21H15BrN2O2. The first-order valence-corrected chi connectivity index (χ1v) is 8.90. The smallest absolute Gasteiger partial charge is 0.196 e. The molecule has 3 aromatic rings. The summed E-state index contributed by atoms with van der Waals surface area (Å²) in [6.07, 6.45) is 0. The van der Waals surface area contributed by atoms with Crippen molar-refractivity contribution < 1.29 is 9.59 Å². The predicted octanol–water partition coefficient (Wildman–Crippen LogP) is 4.86. The van der Waals surface area contributed by atoms with E-state index in [1.165, 1.54) is 0 Å². The number of fused-ring (bicyclic) bond motifs is 2. The van der Waals surface area contributed by atoms with E-state index in [1.54, 1.807) is 30.3 Å². The van der Waals surface area contributed by atoms with Gasteiger partial charge >= 0.3 is 0 Å². The van der Waals surface area contributed by atoms with Gasteiger partial charge in [0.05, 0.1) is 22.5 Å². The standard InChI is InChI=1S/C21H15BrN2O2/c1-11-6-8-12(9-7-11)24-16-10-15(22)19(23)18-17(16)20(25)13-4-2-3-5-14(13)21(18)26/h2-10,24H,23H2,1H3. The number of carbonyl (C=O) groups is 2. The van der Waals surface area contributed by atoms with E-state index in [9.17, 15) is 9.59 Å². The van der Waals surface area contributed by atoms with Gasteiger partial charge in [-0.05, 0) is 41.1 Å². The summed E-state index contributed by atoms with van der Waals surface area (Å²) < 4.78 is 0.575. The average molecular weight is 407 g/mol. The minimum absolute atomic E-state index is 0.205. The normalized spacial score (nSPS) is 12.5. The Morgan fingerprint density at radius 2 is 1.46 bits per heavy atom. The molecule has 0 amide bonds. The van der Waals surface area contributed by atoms with Crippen molar-refractivity contribution in [3.05, 3.63) is 86.9 Å². The van der Waals surface area contributed by atoms with E-state index < -0.39 is 0 Å². The lowest BCUT2D eigenvalue weighted by Crippen LogP contribution is -2.23. The number of halogens is 1. The fraction of sp³-hybridized carbons (Fsp3) is 0.0476. The van der Waals surface area contributed by atoms with Crippen molar-refractivity contribution in [1.29, 1.82) is 0 Å². The molecule has 0 saturated carbocycles. The molecule has 0 unspecified atom stereocenters. The molecule has 0 aliphatic heterocycles. The highest BCUT2D eigenvalue weighted by Gasteiger charge is 2.34. The Kier molecular flexibility index (Phi) is 3.89. The van der Waals surface area contributed by atoms with Gasteiger partial charge in [0.2, 0.25) is 0 Å². The average Bonchev–Trinajstić information content (AvgIpc) is 2.64. The number of rotatable bonds is 2. The summed E-state index contributed by atoms with van der Waals surface area (Å²) in [6.45, 7) is 2.00. The highest BCUT2D eigenvalue weighted by molar-refractivity contribution is 9.10. The molecule has 4 nitrogen and oxygen atoms in total. The molecule has 128 valence electrons. The molecule has 26 heavy (non-hydrogen) atoms. The number of hydrogen-bond donors (Lipinski definition) is 2. The van der Waals surface area contributed by atoms with Crippen molar-refractivity contribution in [1.82, 2.24) is 0 Å². The number of nitrogen functional groups attached to an aromatic ring is 1. The molecule has 0 aromatic heterocycles. The maximum absolute atomic E-state index is 13.1. The number of ketones is 2. The van der Waals surface area contributed by atoms with Gasteiger partial charge in [-0.2, -0.15) is 0 Å². The van der Waals surface area contributed by atoms with Gasteiger partial charge in [-0.3, -0.25) is 9.59 Å². The molecular weight excluding hydrogens is 392 g/mol. The maximum Gasteiger partial charge on any atom is 0.196 e. The van der Waals surface area contributed by atoms with Crippen LogP contribution in [0.1, 0.15) is 37.4 Å². The maximum atomic E-state index is 13.1. The summed E-state index contributed by atoms with van der Waals surface area (Å²) >= 11 is 3.41. The van der Waals surface area contributed by atoms with E-state index in [-0.39, 0.29) is 22.8 Å². The molecule has 4 rings (SSSR count). The summed E-state index contributed by atoms with van der Waals surface area (Å²) in [5.41, 5.74) is 10.3. The molecule has 0 heterocycles. The van der Waals surface area contributed by atoms with Crippen LogP contribution in [0.4, 0.5) is 17.1 Å². The van der Waals surface area contributed by atoms with Crippen LogP contribution in [0.25, 0.3) is 0 Å². The number of aryl methyl sites for hydroxylation is 1. The summed E-state index contributed by atoms with van der Waals surface area (Å²) in [5.74, 6) is -0.440. The number of nitrogens with two attached hydrogens (primary N) is 1. The molecule has 0 radical (unpaired) electrons. The van der Waals surface area contributed by atoms with Crippen molar-refractivity contribution >= 4 is 44.6 Å². The van der Waals surface area contributed by atoms with Crippen LogP contribution in [0, 0.1) is 6.92 Å². The summed E-state index contributed by atoms with van der Waals surface area (Å²) in [4.78, 5) is 26.1. The molecule has 3 aromatic carbocycles. The van der Waals surface area contributed by atoms with Crippen LogP contribution in [0.5, 0.6) is 0 Å². The van der Waals surface area contributed by atoms with Gasteiger partial charge in [0.1, 0.15) is 0 Å². The fourth-order valence-electron chi connectivity index (χ4n) is 3.18. The second-order valence-corrected chi connectivity index (χ2v) is 7.12. The summed E-state index contributed by atoms with van der Waals surface area (Å²) in [5, 5.41) is 3.25. The lowest BCUT2D eigenvalue weighted by atomic mass is 9.82. The van der Waals surface area contributed by atoms with Crippen LogP contribution in [-0.2, 0) is 0 Å². The first kappa shape index (κ1) is 16.5. The van der Waals surface area contributed by atoms with Crippen LogP contribution >= 0.6 is 15.9 Å². The Balaban J connectivity index is 1.93. The van der Waals surface area contributed by atoms with E-state index in [2.05, 4.69) is 21.2 Å². The van der Waals surface area contributed by atoms with Gasteiger partial charge in [-0.15, -0.1) is 0 Å². The molecule has 0 atom stereocenters. The number of benzene rings is 3. The first-order valence-electron chi connectivity index (χ1n) is 8.11. The van der Waals surface area contributed by atoms with E-state index >= 15 is 0 Å². The van der Waals surface area contributed by atoms with Gasteiger partial charge in [0.15, 0.2) is 11.6 Å². The van der Waals surface area contributed by atoms with Gasteiger partial charge < -0.3 is 11.1 Å². The van der Waals surface area contributed by atoms with Crippen molar-refractivity contribution in [2.75, 3.05) is 11.1 Å². The van der Waals surface area contributed by atoms with Gasteiger partial charge in [-0.25, -0.2) is 0 Å². The zero-order valence-electron chi connectivity index (χ0n) is 14.0. The third-order valence-electron chi connectivity index (χ3n) is 4.52. The highest BCUT2D eigenvalue weighted by atomic mass is 79.9. The number of anilines is 3. The zero-order valence-corrected chi connectivity index (χ0v) is 15.6. The third-order valence-corrected chi connectivity index (χ3v) is 5.17. The fourth-order valence-corrected chi connectivity index (χ4v) is 3.60. The van der Waals surface area contributed by atoms with Crippen LogP contribution in [0.2, 0.25) is 0 Å². The number of carbonyl (C=O) groups excluding carboxylic acids is 2. The molecule has 0 saturated heterocycles. The molecule has 1 aliphatic rings. The number of nitrogens with one attached hydrogen (secondary N) is 1. The van der Waals surface area contributed by atoms with Gasteiger partial charge in [0, 0.05) is 21.3 Å². The summed E-state index contributed by atoms with van der Waals surface area (Å²) in [7, 11) is 0. The van der Waals surface area contributed by atoms with Crippen LogP contribution in [-0.4, -0.2) is 11.6 Å². The van der Waals surface area contributed by atoms with Gasteiger partial charge in [0.25, 0.3) is 0 Å². The molecule has 0 bridgehead atoms. The molecule has 1 aliphatic carbocycles. The largest absolute Gasteiger partial charge is 0.397 e. The third kappa shape index (κ3) is 2.52. The SMILES string of the molecule is Cc1ccc(Nc2cc(Br)c(N)c3c2C(=O)c2ccccc2C3=O)cc1. The van der Waals surface area contributed by atoms with Crippen LogP contribution < -0.4 is 11.1 Å². The van der Waals surface area contributed by atoms with Crippen molar-refractivity contribution in [3.8, 4) is 0 Å². The highest BCUT2D eigenvalue weighted by Crippen LogP contribution is 2.40. The first-order chi connectivity index (χ1) is 12.5. The Morgan fingerprint density at radius 3 is 2.08 bits per heavy atom. The quantitative estimate of drug-likeness (QED) is 0.466. The Bertz CT molecular complexity index is 1070. The van der Waals surface area contributed by atoms with Crippen LogP contribution in [0.15, 0.2) is 59.1 Å². The van der Waals surface area contributed by atoms with Crippen molar-refractivity contribution in [3.63, 3.8) is 0 Å². The minimum atomic E-state index is -0.235. The van der Waals surface area contributed by atoms with Crippen LogP contribution in [0.3, 0.4) is 0 Å². The molecule has 3 N–H and O–H groups in total. The monoisotopic (exact) mass is 406 g/mol. The molecule has 0 spiro atoms. The van der Waals surface area contributed by atoms with Crippen molar-refractivity contribution in [2.45, 2.75) is 6.92 Å². The van der Waals surface area contributed by atoms with E-state index in [4.69, 9.17) is 5.73 Å². The lowest BCUT2D eigenvalue weighted by Gasteiger charge is -2.23. The summed E-state index contributed by atoms with van der Waals surface area (Å²) in [6, 6.07) is 16.4. The molecule has 0 fully saturated rings. The Labute approximate surface area is 159 Å². The Hall–Kier alpha value is -2.92. The molecule has 5 heteroatoms. The topological polar surface area (TPSA) is 72.2 Å². The minimum Gasteiger partial charge on any atom is -0.397 e. The van der Waals surface area contributed by atoms with E-state index in [0.717, 1.165) is 11.3 Å². The van der Waals surface area contributed by atoms with Gasteiger partial charge in [-0.1, -0.05) is 42.0 Å². The second-order valence-electron chi connectivity index (χ2n) is 6.26.